The van der Waals surface area contributed by atoms with Gasteiger partial charge in [0.05, 0.1) is 18.7 Å². The second-order valence-electron chi connectivity index (χ2n) is 7.34. The lowest BCUT2D eigenvalue weighted by Crippen LogP contribution is -2.42. The van der Waals surface area contributed by atoms with Gasteiger partial charge in [0.15, 0.2) is 5.11 Å². The Morgan fingerprint density at radius 3 is 2.55 bits per heavy atom. The molecule has 2 N–H and O–H groups in total. The number of hydrogen-bond donors (Lipinski definition) is 2. The van der Waals surface area contributed by atoms with Crippen molar-refractivity contribution in [3.05, 3.63) is 53.6 Å². The average molecular weight is 489 g/mol. The Morgan fingerprint density at radius 1 is 1.18 bits per heavy atom. The maximum atomic E-state index is 13.3. The molecule has 8 nitrogen and oxygen atoms in total. The Bertz CT molecular complexity index is 1050. The number of nitrogens with zero attached hydrogens (tertiary/aromatic N) is 2. The number of halogens is 1. The van der Waals surface area contributed by atoms with Crippen LogP contribution in [0.5, 0.6) is 5.75 Å². The van der Waals surface area contributed by atoms with Crippen molar-refractivity contribution < 1.29 is 19.1 Å². The van der Waals surface area contributed by atoms with Crippen LogP contribution >= 0.6 is 23.8 Å². The van der Waals surface area contributed by atoms with Gasteiger partial charge in [-0.1, -0.05) is 17.7 Å². The molecule has 3 rings (SSSR count). The number of rotatable bonds is 9. The first kappa shape index (κ1) is 24.5. The molecule has 10 heteroatoms. The zero-order valence-corrected chi connectivity index (χ0v) is 19.9. The highest BCUT2D eigenvalue weighted by Gasteiger charge is 2.44. The zero-order valence-electron chi connectivity index (χ0n) is 18.3. The Labute approximate surface area is 202 Å². The van der Waals surface area contributed by atoms with Crippen molar-refractivity contribution in [1.29, 1.82) is 0 Å². The number of anilines is 2. The number of carbonyl (C=O) groups is 3. The van der Waals surface area contributed by atoms with Gasteiger partial charge in [-0.3, -0.25) is 19.3 Å². The van der Waals surface area contributed by atoms with E-state index in [1.54, 1.807) is 53.4 Å². The van der Waals surface area contributed by atoms with Crippen LogP contribution in [-0.2, 0) is 14.4 Å². The number of hydrogen-bond acceptors (Lipinski definition) is 5. The van der Waals surface area contributed by atoms with E-state index in [1.807, 2.05) is 6.92 Å². The largest absolute Gasteiger partial charge is 0.494 e. The molecule has 0 aromatic heterocycles. The predicted molar refractivity (Wildman–Crippen MR) is 132 cm³/mol. The van der Waals surface area contributed by atoms with Crippen molar-refractivity contribution in [3.8, 4) is 5.75 Å². The number of thiocarbonyl (C=S) groups is 1. The van der Waals surface area contributed by atoms with E-state index >= 15 is 0 Å². The molecule has 0 bridgehead atoms. The van der Waals surface area contributed by atoms with Gasteiger partial charge >= 0.3 is 0 Å². The van der Waals surface area contributed by atoms with Crippen molar-refractivity contribution in [1.82, 2.24) is 10.2 Å². The SMILES string of the molecule is CCOc1ccc(NC(=O)CC2C(=O)N(c3cccc(Cl)c3)C(=S)N2CCNC(C)=O)cc1. The normalized spacial score (nSPS) is 15.5. The fraction of sp³-hybridized carbons (Fsp3) is 0.304. The Morgan fingerprint density at radius 2 is 1.91 bits per heavy atom. The van der Waals surface area contributed by atoms with E-state index in [-0.39, 0.29) is 42.3 Å². The number of nitrogens with one attached hydrogen (secondary N) is 2. The van der Waals surface area contributed by atoms with Gasteiger partial charge in [0.2, 0.25) is 11.8 Å². The van der Waals surface area contributed by atoms with Gasteiger partial charge < -0.3 is 20.3 Å². The lowest BCUT2D eigenvalue weighted by Gasteiger charge is -2.24. The average Bonchev–Trinajstić information content (AvgIpc) is 2.99. The van der Waals surface area contributed by atoms with Crippen LogP contribution in [-0.4, -0.2) is 53.5 Å². The van der Waals surface area contributed by atoms with Gasteiger partial charge in [-0.05, 0) is 61.6 Å². The van der Waals surface area contributed by atoms with Crippen molar-refractivity contribution in [2.75, 3.05) is 29.9 Å². The summed E-state index contributed by atoms with van der Waals surface area (Å²) in [5, 5.41) is 6.22. The van der Waals surface area contributed by atoms with Gasteiger partial charge in [-0.15, -0.1) is 0 Å². The first-order chi connectivity index (χ1) is 15.8. The van der Waals surface area contributed by atoms with E-state index in [0.717, 1.165) is 0 Å². The molecule has 1 heterocycles. The van der Waals surface area contributed by atoms with E-state index < -0.39 is 6.04 Å². The minimum Gasteiger partial charge on any atom is -0.494 e. The number of ether oxygens (including phenoxy) is 1. The summed E-state index contributed by atoms with van der Waals surface area (Å²) in [7, 11) is 0. The predicted octanol–water partition coefficient (Wildman–Crippen LogP) is 3.21. The maximum Gasteiger partial charge on any atom is 0.256 e. The summed E-state index contributed by atoms with van der Waals surface area (Å²) in [6.45, 7) is 4.41. The Balaban J connectivity index is 1.76. The fourth-order valence-corrected chi connectivity index (χ4v) is 4.08. The van der Waals surface area contributed by atoms with Crippen LogP contribution in [0.4, 0.5) is 11.4 Å². The van der Waals surface area contributed by atoms with E-state index in [1.165, 1.54) is 11.8 Å². The molecule has 0 radical (unpaired) electrons. The lowest BCUT2D eigenvalue weighted by molar-refractivity contribution is -0.124. The minimum atomic E-state index is -0.812. The van der Waals surface area contributed by atoms with Gasteiger partial charge in [-0.25, -0.2) is 0 Å². The van der Waals surface area contributed by atoms with Crippen molar-refractivity contribution in [2.24, 2.45) is 0 Å². The van der Waals surface area contributed by atoms with Crippen LogP contribution in [0.25, 0.3) is 0 Å². The first-order valence-corrected chi connectivity index (χ1v) is 11.3. The quantitative estimate of drug-likeness (QED) is 0.527. The van der Waals surface area contributed by atoms with Crippen LogP contribution < -0.4 is 20.3 Å². The minimum absolute atomic E-state index is 0.108. The van der Waals surface area contributed by atoms with Crippen molar-refractivity contribution in [2.45, 2.75) is 26.3 Å². The Kier molecular flexibility index (Phi) is 8.24. The smallest absolute Gasteiger partial charge is 0.256 e. The third kappa shape index (κ3) is 6.21. The molecule has 1 unspecified atom stereocenters. The molecular formula is C23H25ClN4O4S. The molecule has 0 aliphatic carbocycles. The van der Waals surface area contributed by atoms with Gasteiger partial charge in [0.1, 0.15) is 11.8 Å². The molecule has 3 amide bonds. The molecule has 1 fully saturated rings. The summed E-state index contributed by atoms with van der Waals surface area (Å²) in [6, 6.07) is 13.0. The number of carbonyl (C=O) groups excluding carboxylic acids is 3. The molecular weight excluding hydrogens is 464 g/mol. The van der Waals surface area contributed by atoms with Gasteiger partial charge in [0, 0.05) is 30.7 Å². The highest BCUT2D eigenvalue weighted by Crippen LogP contribution is 2.29. The molecule has 1 aliphatic heterocycles. The van der Waals surface area contributed by atoms with Crippen LogP contribution in [0, 0.1) is 0 Å². The van der Waals surface area contributed by atoms with Crippen LogP contribution in [0.15, 0.2) is 48.5 Å². The van der Waals surface area contributed by atoms with E-state index in [0.29, 0.717) is 28.8 Å². The third-order valence-corrected chi connectivity index (χ3v) is 5.59. The molecule has 0 saturated carbocycles. The van der Waals surface area contributed by atoms with Crippen LogP contribution in [0.2, 0.25) is 5.02 Å². The van der Waals surface area contributed by atoms with Gasteiger partial charge in [-0.2, -0.15) is 0 Å². The molecule has 1 atom stereocenters. The molecule has 2 aromatic rings. The number of benzene rings is 2. The standard InChI is InChI=1S/C23H25ClN4O4S/c1-3-32-19-9-7-17(8-10-19)26-21(30)14-20-22(31)28(18-6-4-5-16(24)13-18)23(33)27(20)12-11-25-15(2)29/h4-10,13,20H,3,11-12,14H2,1-2H3,(H,25,29)(H,26,30). The maximum absolute atomic E-state index is 13.3. The molecule has 2 aromatic carbocycles. The fourth-order valence-electron chi connectivity index (χ4n) is 3.48. The summed E-state index contributed by atoms with van der Waals surface area (Å²) in [5.74, 6) is -0.152. The van der Waals surface area contributed by atoms with Crippen LogP contribution in [0.3, 0.4) is 0 Å². The summed E-state index contributed by atoms with van der Waals surface area (Å²) >= 11 is 11.7. The summed E-state index contributed by atoms with van der Waals surface area (Å²) in [5.41, 5.74) is 1.12. The van der Waals surface area contributed by atoms with Crippen molar-refractivity contribution >= 4 is 58.0 Å². The number of amides is 3. The zero-order chi connectivity index (χ0) is 24.0. The molecule has 1 saturated heterocycles. The highest BCUT2D eigenvalue weighted by molar-refractivity contribution is 7.80. The van der Waals surface area contributed by atoms with Gasteiger partial charge in [0.25, 0.3) is 5.91 Å². The second kappa shape index (κ2) is 11.1. The molecule has 174 valence electrons. The first-order valence-electron chi connectivity index (χ1n) is 10.5. The third-order valence-electron chi connectivity index (χ3n) is 4.94. The second-order valence-corrected chi connectivity index (χ2v) is 8.14. The van der Waals surface area contributed by atoms with Crippen molar-refractivity contribution in [3.63, 3.8) is 0 Å². The summed E-state index contributed by atoms with van der Waals surface area (Å²) < 4.78 is 5.41. The Hall–Kier alpha value is -3.17. The monoisotopic (exact) mass is 488 g/mol. The molecule has 1 aliphatic rings. The molecule has 33 heavy (non-hydrogen) atoms. The van der Waals surface area contributed by atoms with E-state index in [4.69, 9.17) is 28.6 Å². The summed E-state index contributed by atoms with van der Waals surface area (Å²) in [4.78, 5) is 40.4. The lowest BCUT2D eigenvalue weighted by atomic mass is 10.1. The summed E-state index contributed by atoms with van der Waals surface area (Å²) in [6.07, 6.45) is -0.108. The highest BCUT2D eigenvalue weighted by atomic mass is 35.5. The van der Waals surface area contributed by atoms with E-state index in [9.17, 15) is 14.4 Å². The van der Waals surface area contributed by atoms with Crippen LogP contribution in [0.1, 0.15) is 20.3 Å². The topological polar surface area (TPSA) is 91.0 Å². The molecule has 0 spiro atoms. The van der Waals surface area contributed by atoms with E-state index in [2.05, 4.69) is 10.6 Å².